The van der Waals surface area contributed by atoms with Crippen LogP contribution in [0.2, 0.25) is 0 Å². The van der Waals surface area contributed by atoms with Crippen molar-refractivity contribution < 1.29 is 19.1 Å². The summed E-state index contributed by atoms with van der Waals surface area (Å²) in [5.74, 6) is -0.718. The Morgan fingerprint density at radius 3 is 2.38 bits per heavy atom. The molecule has 2 atom stereocenters. The van der Waals surface area contributed by atoms with Gasteiger partial charge in [0.05, 0.1) is 6.54 Å². The van der Waals surface area contributed by atoms with Crippen molar-refractivity contribution in [2.75, 3.05) is 6.54 Å². The molecule has 128 valence electrons. The third kappa shape index (κ3) is 3.13. The normalized spacial score (nSPS) is 24.8. The maximum absolute atomic E-state index is 12.1. The molecule has 2 saturated heterocycles. The molecule has 1 aromatic carbocycles. The zero-order valence-corrected chi connectivity index (χ0v) is 14.2. The largest absolute Gasteiger partial charge is 0.439 e. The number of rotatable bonds is 2. The van der Waals surface area contributed by atoms with Crippen LogP contribution in [0.4, 0.5) is 4.79 Å². The minimum Gasteiger partial charge on any atom is -0.439 e. The van der Waals surface area contributed by atoms with Crippen LogP contribution in [0.1, 0.15) is 50.8 Å². The third-order valence-electron chi connectivity index (χ3n) is 4.57. The lowest BCUT2D eigenvalue weighted by Crippen LogP contribution is -2.52. The van der Waals surface area contributed by atoms with Gasteiger partial charge in [-0.1, -0.05) is 45.0 Å². The first-order valence-electron chi connectivity index (χ1n) is 8.17. The number of amides is 3. The van der Waals surface area contributed by atoms with Crippen LogP contribution in [0, 0.1) is 0 Å². The average Bonchev–Trinajstić information content (AvgIpc) is 2.88. The number of benzene rings is 1. The first-order valence-corrected chi connectivity index (χ1v) is 8.17. The first-order chi connectivity index (χ1) is 11.3. The minimum atomic E-state index is -0.631. The highest BCUT2D eigenvalue weighted by Crippen LogP contribution is 2.31. The molecule has 0 aromatic heterocycles. The maximum Gasteiger partial charge on any atom is 0.411 e. The Kier molecular flexibility index (Phi) is 4.07. The number of imide groups is 1. The van der Waals surface area contributed by atoms with E-state index in [2.05, 4.69) is 26.1 Å². The van der Waals surface area contributed by atoms with Crippen LogP contribution in [-0.4, -0.2) is 35.4 Å². The molecule has 24 heavy (non-hydrogen) atoms. The van der Waals surface area contributed by atoms with Crippen molar-refractivity contribution in [3.63, 3.8) is 0 Å². The second-order valence-electron chi connectivity index (χ2n) is 7.36. The molecule has 1 aromatic rings. The average molecular weight is 330 g/mol. The van der Waals surface area contributed by atoms with E-state index in [9.17, 15) is 14.4 Å². The molecule has 0 radical (unpaired) electrons. The lowest BCUT2D eigenvalue weighted by Gasteiger charge is -2.27. The monoisotopic (exact) mass is 330 g/mol. The van der Waals surface area contributed by atoms with E-state index in [1.54, 1.807) is 0 Å². The number of nitrogens with zero attached hydrogens (tertiary/aromatic N) is 1. The summed E-state index contributed by atoms with van der Waals surface area (Å²) in [7, 11) is 0. The van der Waals surface area contributed by atoms with Crippen molar-refractivity contribution in [2.24, 2.45) is 0 Å². The Bertz CT molecular complexity index is 675. The fourth-order valence-electron chi connectivity index (χ4n) is 3.09. The van der Waals surface area contributed by atoms with Gasteiger partial charge in [-0.2, -0.15) is 0 Å². The first kappa shape index (κ1) is 16.5. The standard InChI is InChI=1S/C18H22N2O4/c1-18(2,3)12-6-4-11(5-7-12)14-10-20(17(23)24-14)13-8-9-15(21)19-16(13)22/h4-7,13-14H,8-10H2,1-3H3,(H,19,21,22)/t13?,14-/m0/s1. The number of nitrogens with one attached hydrogen (secondary N) is 1. The highest BCUT2D eigenvalue weighted by molar-refractivity contribution is 6.01. The van der Waals surface area contributed by atoms with E-state index in [1.807, 2.05) is 24.3 Å². The molecular formula is C18H22N2O4. The van der Waals surface area contributed by atoms with Crippen molar-refractivity contribution in [1.82, 2.24) is 10.2 Å². The van der Waals surface area contributed by atoms with E-state index < -0.39 is 24.1 Å². The third-order valence-corrected chi connectivity index (χ3v) is 4.57. The molecule has 2 aliphatic rings. The summed E-state index contributed by atoms with van der Waals surface area (Å²) in [5.41, 5.74) is 2.17. The van der Waals surface area contributed by atoms with E-state index in [0.29, 0.717) is 13.0 Å². The molecule has 0 saturated carbocycles. The zero-order chi connectivity index (χ0) is 17.5. The molecule has 1 N–H and O–H groups in total. The van der Waals surface area contributed by atoms with E-state index >= 15 is 0 Å². The molecule has 0 bridgehead atoms. The van der Waals surface area contributed by atoms with Crippen molar-refractivity contribution >= 4 is 17.9 Å². The predicted octanol–water partition coefficient (Wildman–Crippen LogP) is 2.28. The number of hydrogen-bond donors (Lipinski definition) is 1. The van der Waals surface area contributed by atoms with Gasteiger partial charge in [-0.25, -0.2) is 4.79 Å². The number of cyclic esters (lactones) is 1. The van der Waals surface area contributed by atoms with Crippen LogP contribution in [0.3, 0.4) is 0 Å². The lowest BCUT2D eigenvalue weighted by molar-refractivity contribution is -0.136. The van der Waals surface area contributed by atoms with Crippen LogP contribution in [0.25, 0.3) is 0 Å². The number of carbonyl (C=O) groups excluding carboxylic acids is 3. The zero-order valence-electron chi connectivity index (χ0n) is 14.2. The molecule has 2 aliphatic heterocycles. The van der Waals surface area contributed by atoms with Gasteiger partial charge in [0.15, 0.2) is 0 Å². The molecule has 0 aliphatic carbocycles. The minimum absolute atomic E-state index is 0.0592. The van der Waals surface area contributed by atoms with Crippen LogP contribution >= 0.6 is 0 Å². The van der Waals surface area contributed by atoms with Gasteiger partial charge in [0.25, 0.3) is 0 Å². The molecule has 0 spiro atoms. The summed E-state index contributed by atoms with van der Waals surface area (Å²) < 4.78 is 5.44. The Labute approximate surface area is 141 Å². The Hall–Kier alpha value is -2.37. The number of carbonyl (C=O) groups is 3. The van der Waals surface area contributed by atoms with Crippen molar-refractivity contribution in [3.8, 4) is 0 Å². The topological polar surface area (TPSA) is 75.7 Å². The van der Waals surface area contributed by atoms with Crippen molar-refractivity contribution in [3.05, 3.63) is 35.4 Å². The molecule has 2 heterocycles. The van der Waals surface area contributed by atoms with Gasteiger partial charge in [-0.3, -0.25) is 19.8 Å². The van der Waals surface area contributed by atoms with E-state index in [1.165, 1.54) is 10.5 Å². The summed E-state index contributed by atoms with van der Waals surface area (Å²) in [5, 5.41) is 2.28. The summed E-state index contributed by atoms with van der Waals surface area (Å²) >= 11 is 0. The predicted molar refractivity (Wildman–Crippen MR) is 87.2 cm³/mol. The Balaban J connectivity index is 1.73. The Morgan fingerprint density at radius 1 is 1.12 bits per heavy atom. The SMILES string of the molecule is CC(C)(C)c1ccc([C@@H]2CN(C3CCC(=O)NC3=O)C(=O)O2)cc1. The summed E-state index contributed by atoms with van der Waals surface area (Å²) in [4.78, 5) is 36.8. The molecule has 6 nitrogen and oxygen atoms in total. The van der Waals surface area contributed by atoms with E-state index in [-0.39, 0.29) is 17.7 Å². The van der Waals surface area contributed by atoms with Gasteiger partial charge in [-0.15, -0.1) is 0 Å². The van der Waals surface area contributed by atoms with E-state index in [0.717, 1.165) is 5.56 Å². The van der Waals surface area contributed by atoms with Gasteiger partial charge in [0, 0.05) is 6.42 Å². The van der Waals surface area contributed by atoms with E-state index in [4.69, 9.17) is 4.74 Å². The van der Waals surface area contributed by atoms with Gasteiger partial charge >= 0.3 is 6.09 Å². The van der Waals surface area contributed by atoms with Gasteiger partial charge < -0.3 is 4.74 Å². The smallest absolute Gasteiger partial charge is 0.411 e. The summed E-state index contributed by atoms with van der Waals surface area (Å²) in [6.45, 7) is 6.74. The lowest BCUT2D eigenvalue weighted by atomic mass is 9.86. The highest BCUT2D eigenvalue weighted by Gasteiger charge is 2.41. The van der Waals surface area contributed by atoms with Crippen LogP contribution in [-0.2, 0) is 19.7 Å². The fourth-order valence-corrected chi connectivity index (χ4v) is 3.09. The molecule has 2 fully saturated rings. The van der Waals surface area contributed by atoms with Crippen LogP contribution < -0.4 is 5.32 Å². The fraction of sp³-hybridized carbons (Fsp3) is 0.500. The van der Waals surface area contributed by atoms with Crippen LogP contribution in [0.15, 0.2) is 24.3 Å². The number of hydrogen-bond acceptors (Lipinski definition) is 4. The Morgan fingerprint density at radius 2 is 1.79 bits per heavy atom. The van der Waals surface area contributed by atoms with Crippen LogP contribution in [0.5, 0.6) is 0 Å². The van der Waals surface area contributed by atoms with Gasteiger partial charge in [-0.05, 0) is 23.0 Å². The summed E-state index contributed by atoms with van der Waals surface area (Å²) in [6.07, 6.45) is -0.313. The van der Waals surface area contributed by atoms with Crippen molar-refractivity contribution in [1.29, 1.82) is 0 Å². The molecule has 1 unspecified atom stereocenters. The molecule has 3 rings (SSSR count). The highest BCUT2D eigenvalue weighted by atomic mass is 16.6. The summed E-state index contributed by atoms with van der Waals surface area (Å²) in [6, 6.07) is 7.38. The molecular weight excluding hydrogens is 308 g/mol. The van der Waals surface area contributed by atoms with Gasteiger partial charge in [0.1, 0.15) is 12.1 Å². The van der Waals surface area contributed by atoms with Gasteiger partial charge in [0.2, 0.25) is 11.8 Å². The molecule has 6 heteroatoms. The number of piperidine rings is 1. The second kappa shape index (κ2) is 5.92. The number of ether oxygens (including phenoxy) is 1. The van der Waals surface area contributed by atoms with Crippen molar-refractivity contribution in [2.45, 2.75) is 51.2 Å². The molecule has 3 amide bonds. The quantitative estimate of drug-likeness (QED) is 0.844. The maximum atomic E-state index is 12.1. The second-order valence-corrected chi connectivity index (χ2v) is 7.36.